The molecule has 424 valence electrons. The van der Waals surface area contributed by atoms with Gasteiger partial charge in [0.1, 0.15) is 36.8 Å². The van der Waals surface area contributed by atoms with Crippen LogP contribution >= 0.6 is 30.3 Å². The molecule has 0 bridgehead atoms. The molecule has 9 rings (SSSR count). The lowest BCUT2D eigenvalue weighted by atomic mass is 9.91. The molecule has 6 atom stereocenters. The molecule has 9 amide bonds. The Hall–Kier alpha value is -7.14. The number of nitrogens with zero attached hydrogens (tertiary/aromatic N) is 4. The SMILES string of the molecule is CN1CC[C@H]2CC[C@@H](C(=O)NC(COC(N)=O)C(=O)NC(C(=O)N3CCC(CCC#Cc4cccc5c4CN(C4CCC(=O)NC4=O)C5=O)CC3)c3cccs3)N2C(=O)[C@@H](NC(=O)c2cc3cc(C(F)(F)P(=O)(O)O)ccc3s2)C1. The van der Waals surface area contributed by atoms with E-state index in [0.717, 1.165) is 35.5 Å². The van der Waals surface area contributed by atoms with Crippen LogP contribution in [0.15, 0.2) is 60.0 Å². The van der Waals surface area contributed by atoms with Crippen molar-refractivity contribution in [1.29, 1.82) is 0 Å². The number of ether oxygens (including phenoxy) is 1. The summed E-state index contributed by atoms with van der Waals surface area (Å²) in [4.78, 5) is 146. The lowest BCUT2D eigenvalue weighted by molar-refractivity contribution is -0.144. The standard InChI is InChI=1S/C53H58F2N9O13PS2/c1-61-20-19-33-12-13-39(64(33)50(71)36(27-61)57-48(69)42-25-31-24-32(11-15-40(31)80-42)53(54,55)78(74,75)76)47(68)58-37(28-77-52(56)73)45(66)60-44(41-10-5-23-79-41)51(72)62-21-17-29(18-22-62)6-2-3-7-30-8-4-9-34-35(30)26-63(49(34)70)38-14-16-43(65)59-46(38)67/h4-5,8-11,15,23-25,29,33,36-39,44H,2,6,12-14,16-22,26-28H2,1H3,(H2,56,73)(H,57,69)(H,58,68)(H,60,66)(H,59,65,67)(H2,74,75,76)/t33-,36+,37?,38?,39+,44?/m1/s1. The fraction of sp³-hybridized carbons (Fsp3) is 0.453. The van der Waals surface area contributed by atoms with E-state index in [0.29, 0.717) is 72.4 Å². The number of alkyl halides is 2. The van der Waals surface area contributed by atoms with Crippen LogP contribution in [-0.2, 0) is 50.3 Å². The number of rotatable bonds is 15. The van der Waals surface area contributed by atoms with Crippen LogP contribution in [0.25, 0.3) is 10.1 Å². The first-order valence-electron chi connectivity index (χ1n) is 26.0. The number of hydrogen-bond donors (Lipinski definition) is 7. The first-order chi connectivity index (χ1) is 38.1. The Morgan fingerprint density at radius 1 is 0.963 bits per heavy atom. The minimum Gasteiger partial charge on any atom is -0.447 e. The van der Waals surface area contributed by atoms with Crippen molar-refractivity contribution in [2.24, 2.45) is 11.7 Å². The van der Waals surface area contributed by atoms with Gasteiger partial charge in [0, 0.05) is 71.3 Å². The molecule has 3 unspecified atom stereocenters. The zero-order chi connectivity index (χ0) is 57.2. The van der Waals surface area contributed by atoms with Gasteiger partial charge in [0.05, 0.1) is 4.88 Å². The third-order valence-corrected chi connectivity index (χ3v) is 18.3. The van der Waals surface area contributed by atoms with Crippen molar-refractivity contribution in [3.05, 3.63) is 92.0 Å². The zero-order valence-electron chi connectivity index (χ0n) is 43.2. The second-order valence-electron chi connectivity index (χ2n) is 20.5. The summed E-state index contributed by atoms with van der Waals surface area (Å²) in [7, 11) is -4.11. The molecule has 80 heavy (non-hydrogen) atoms. The molecule has 2 aromatic carbocycles. The highest BCUT2D eigenvalue weighted by molar-refractivity contribution is 7.52. The number of likely N-dealkylation sites (tertiary alicyclic amines) is 1. The number of nitrogens with one attached hydrogen (secondary N) is 4. The predicted molar refractivity (Wildman–Crippen MR) is 285 cm³/mol. The van der Waals surface area contributed by atoms with E-state index < -0.39 is 103 Å². The van der Waals surface area contributed by atoms with Crippen LogP contribution in [0, 0.1) is 17.8 Å². The Kier molecular flexibility index (Phi) is 17.2. The fourth-order valence-electron chi connectivity index (χ4n) is 11.0. The summed E-state index contributed by atoms with van der Waals surface area (Å²) in [6, 6.07) is 6.58. The summed E-state index contributed by atoms with van der Waals surface area (Å²) >= 11 is 2.14. The second kappa shape index (κ2) is 23.9. The van der Waals surface area contributed by atoms with Gasteiger partial charge in [0.2, 0.25) is 29.5 Å². The first-order valence-corrected chi connectivity index (χ1v) is 29.3. The van der Waals surface area contributed by atoms with E-state index in [-0.39, 0.29) is 60.3 Å². The second-order valence-corrected chi connectivity index (χ2v) is 24.2. The minimum atomic E-state index is -5.87. The maximum atomic E-state index is 14.5. The molecule has 5 aliphatic heterocycles. The van der Waals surface area contributed by atoms with E-state index in [1.807, 2.05) is 11.0 Å². The number of thiophene rings is 2. The van der Waals surface area contributed by atoms with Gasteiger partial charge in [-0.2, -0.15) is 8.78 Å². The van der Waals surface area contributed by atoms with Gasteiger partial charge in [-0.05, 0) is 117 Å². The van der Waals surface area contributed by atoms with Crippen molar-refractivity contribution in [3.8, 4) is 11.8 Å². The van der Waals surface area contributed by atoms with Crippen LogP contribution in [0.5, 0.6) is 0 Å². The van der Waals surface area contributed by atoms with Crippen molar-refractivity contribution < 1.29 is 71.0 Å². The van der Waals surface area contributed by atoms with Crippen molar-refractivity contribution in [2.45, 2.75) is 106 Å². The van der Waals surface area contributed by atoms with Crippen LogP contribution in [0.1, 0.15) is 105 Å². The number of amides is 9. The van der Waals surface area contributed by atoms with E-state index in [1.54, 1.807) is 41.6 Å². The Bertz CT molecular complexity index is 3250. The van der Waals surface area contributed by atoms with Crippen LogP contribution < -0.4 is 27.0 Å². The highest BCUT2D eigenvalue weighted by Gasteiger charge is 2.51. The van der Waals surface area contributed by atoms with Crippen molar-refractivity contribution in [3.63, 3.8) is 0 Å². The van der Waals surface area contributed by atoms with E-state index in [4.69, 9.17) is 10.5 Å². The maximum Gasteiger partial charge on any atom is 0.404 e. The van der Waals surface area contributed by atoms with E-state index in [1.165, 1.54) is 33.3 Å². The number of carbonyl (C=O) groups excluding carboxylic acids is 9. The predicted octanol–water partition coefficient (Wildman–Crippen LogP) is 3.25. The van der Waals surface area contributed by atoms with Gasteiger partial charge in [-0.3, -0.25) is 48.2 Å². The third-order valence-electron chi connectivity index (χ3n) is 15.2. The summed E-state index contributed by atoms with van der Waals surface area (Å²) < 4.78 is 46.0. The Balaban J connectivity index is 0.821. The molecule has 8 N–H and O–H groups in total. The molecule has 0 saturated carbocycles. The van der Waals surface area contributed by atoms with E-state index in [9.17, 15) is 66.3 Å². The van der Waals surface area contributed by atoms with Crippen LogP contribution in [0.4, 0.5) is 13.6 Å². The van der Waals surface area contributed by atoms with Crippen molar-refractivity contribution >= 4 is 93.7 Å². The summed E-state index contributed by atoms with van der Waals surface area (Å²) in [6.07, 6.45) is 2.76. The number of hydrogen-bond acceptors (Lipinski definition) is 14. The monoisotopic (exact) mass is 1160 g/mol. The van der Waals surface area contributed by atoms with Crippen molar-refractivity contribution in [2.75, 3.05) is 39.8 Å². The molecule has 27 heteroatoms. The number of nitrogens with two attached hydrogens (primary N) is 1. The lowest BCUT2D eigenvalue weighted by Gasteiger charge is -2.38. The third kappa shape index (κ3) is 12.4. The molecule has 4 aromatic rings. The highest BCUT2D eigenvalue weighted by Crippen LogP contribution is 2.59. The summed E-state index contributed by atoms with van der Waals surface area (Å²) in [5, 5.41) is 12.3. The first kappa shape index (κ1) is 57.5. The molecule has 4 fully saturated rings. The molecule has 5 aliphatic rings. The van der Waals surface area contributed by atoms with Gasteiger partial charge >= 0.3 is 19.4 Å². The largest absolute Gasteiger partial charge is 0.447 e. The number of fused-ring (bicyclic) bond motifs is 3. The highest BCUT2D eigenvalue weighted by atomic mass is 32.1. The van der Waals surface area contributed by atoms with E-state index >= 15 is 0 Å². The Labute approximate surface area is 465 Å². The minimum absolute atomic E-state index is 0.0177. The van der Waals surface area contributed by atoms with Gasteiger partial charge < -0.3 is 55.8 Å². The molecule has 2 aromatic heterocycles. The summed E-state index contributed by atoms with van der Waals surface area (Å²) in [6.45, 7) is 0.729. The van der Waals surface area contributed by atoms with E-state index in [2.05, 4.69) is 33.1 Å². The molecular weight excluding hydrogens is 1100 g/mol. The van der Waals surface area contributed by atoms with Gasteiger partial charge in [0.25, 0.3) is 17.7 Å². The molecular formula is C53H58F2N9O13PS2. The van der Waals surface area contributed by atoms with Crippen LogP contribution in [0.2, 0.25) is 0 Å². The number of imide groups is 1. The normalized spacial score (nSPS) is 21.8. The average Bonchev–Trinajstić information content (AvgIpc) is 4.30. The number of piperidine rings is 2. The average molecular weight is 1160 g/mol. The molecule has 0 spiro atoms. The molecule has 7 heterocycles. The van der Waals surface area contributed by atoms with Gasteiger partial charge in [0.15, 0.2) is 0 Å². The van der Waals surface area contributed by atoms with Crippen molar-refractivity contribution in [1.82, 2.24) is 40.9 Å². The molecule has 0 aliphatic carbocycles. The number of likely N-dealkylation sites (N-methyl/N-ethyl adjacent to an activating group) is 1. The number of halogens is 2. The van der Waals surface area contributed by atoms with Gasteiger partial charge in [-0.25, -0.2) is 4.79 Å². The molecule has 0 radical (unpaired) electrons. The van der Waals surface area contributed by atoms with Crippen LogP contribution in [0.3, 0.4) is 0 Å². The fourth-order valence-corrected chi connectivity index (χ4v) is 13.2. The smallest absolute Gasteiger partial charge is 0.404 e. The number of benzene rings is 2. The van der Waals surface area contributed by atoms with Gasteiger partial charge in [-0.1, -0.05) is 30.0 Å². The zero-order valence-corrected chi connectivity index (χ0v) is 45.7. The number of primary amides is 1. The van der Waals surface area contributed by atoms with Gasteiger partial charge in [-0.15, -0.1) is 22.7 Å². The van der Waals surface area contributed by atoms with Crippen LogP contribution in [-0.4, -0.2) is 153 Å². The molecule has 22 nitrogen and oxygen atoms in total. The topological polar surface area (TPSA) is 307 Å². The Morgan fingerprint density at radius 3 is 2.45 bits per heavy atom. The summed E-state index contributed by atoms with van der Waals surface area (Å²) in [5.74, 6) is 2.14. The maximum absolute atomic E-state index is 14.5. The summed E-state index contributed by atoms with van der Waals surface area (Å²) in [5.41, 5.74) is 1.79. The lowest BCUT2D eigenvalue weighted by Crippen LogP contribution is -2.61. The number of carbonyl (C=O) groups is 9. The Morgan fingerprint density at radius 2 is 1.74 bits per heavy atom. The molecule has 4 saturated heterocycles. The quantitative estimate of drug-likeness (QED) is 0.0511.